The highest BCUT2D eigenvalue weighted by molar-refractivity contribution is 5.18. The van der Waals surface area contributed by atoms with Crippen molar-refractivity contribution in [3.05, 3.63) is 59.0 Å². The van der Waals surface area contributed by atoms with E-state index in [9.17, 15) is 4.79 Å². The first kappa shape index (κ1) is 11.0. The van der Waals surface area contributed by atoms with Crippen LogP contribution < -0.4 is 5.56 Å². The van der Waals surface area contributed by atoms with Crippen LogP contribution >= 0.6 is 0 Å². The van der Waals surface area contributed by atoms with Gasteiger partial charge in [-0.1, -0.05) is 18.2 Å². The average molecular weight is 204 g/mol. The summed E-state index contributed by atoms with van der Waals surface area (Å²) in [5, 5.41) is 12.3. The van der Waals surface area contributed by atoms with Crippen LogP contribution in [0.3, 0.4) is 0 Å². The van der Waals surface area contributed by atoms with Crippen molar-refractivity contribution in [2.75, 3.05) is 0 Å². The quantitative estimate of drug-likeness (QED) is 0.700. The van der Waals surface area contributed by atoms with Crippen LogP contribution in [0.2, 0.25) is 0 Å². The molecule has 0 atom stereocenters. The van der Waals surface area contributed by atoms with Gasteiger partial charge in [0.25, 0.3) is 5.56 Å². The second-order valence-corrected chi connectivity index (χ2v) is 2.82. The smallest absolute Gasteiger partial charge is 0.266 e. The molecule has 2 rings (SSSR count). The largest absolute Gasteiger partial charge is 0.508 e. The van der Waals surface area contributed by atoms with E-state index in [4.69, 9.17) is 5.11 Å². The maximum absolute atomic E-state index is 10.5. The topological polar surface area (TPSA) is 55.1 Å². The van der Waals surface area contributed by atoms with Crippen molar-refractivity contribution in [2.24, 2.45) is 7.05 Å². The number of aryl methyl sites for hydroxylation is 1. The van der Waals surface area contributed by atoms with E-state index in [2.05, 4.69) is 5.10 Å². The Morgan fingerprint density at radius 3 is 2.13 bits per heavy atom. The number of para-hydroxylation sites is 1. The summed E-state index contributed by atoms with van der Waals surface area (Å²) in [4.78, 5) is 10.5. The van der Waals surface area contributed by atoms with Crippen LogP contribution in [0.5, 0.6) is 5.75 Å². The Kier molecular flexibility index (Phi) is 4.09. The molecule has 0 fully saturated rings. The molecule has 0 aliphatic rings. The molecule has 78 valence electrons. The summed E-state index contributed by atoms with van der Waals surface area (Å²) in [5.74, 6) is 0.322. The van der Waals surface area contributed by atoms with Crippen molar-refractivity contribution in [1.29, 1.82) is 0 Å². The molecular formula is C11H12N2O2. The zero-order valence-electron chi connectivity index (χ0n) is 8.37. The molecule has 0 radical (unpaired) electrons. The second kappa shape index (κ2) is 5.59. The molecule has 0 saturated heterocycles. The van der Waals surface area contributed by atoms with Gasteiger partial charge in [-0.25, -0.2) is 4.68 Å². The van der Waals surface area contributed by atoms with E-state index in [-0.39, 0.29) is 5.56 Å². The van der Waals surface area contributed by atoms with E-state index < -0.39 is 0 Å². The van der Waals surface area contributed by atoms with E-state index in [1.807, 2.05) is 6.07 Å². The second-order valence-electron chi connectivity index (χ2n) is 2.82. The van der Waals surface area contributed by atoms with Gasteiger partial charge in [-0.15, -0.1) is 0 Å². The van der Waals surface area contributed by atoms with E-state index in [0.29, 0.717) is 5.75 Å². The fourth-order valence-electron chi connectivity index (χ4n) is 0.857. The monoisotopic (exact) mass is 204 g/mol. The summed E-state index contributed by atoms with van der Waals surface area (Å²) >= 11 is 0. The summed E-state index contributed by atoms with van der Waals surface area (Å²) in [6.45, 7) is 0. The lowest BCUT2D eigenvalue weighted by molar-refractivity contribution is 0.475. The Balaban J connectivity index is 0.000000151. The summed E-state index contributed by atoms with van der Waals surface area (Å²) < 4.78 is 1.28. The van der Waals surface area contributed by atoms with Crippen LogP contribution in [-0.2, 0) is 7.05 Å². The van der Waals surface area contributed by atoms with Gasteiger partial charge in [0.2, 0.25) is 0 Å². The van der Waals surface area contributed by atoms with Gasteiger partial charge in [0.05, 0.1) is 0 Å². The van der Waals surface area contributed by atoms with E-state index >= 15 is 0 Å². The molecule has 4 heteroatoms. The normalized spacial score (nSPS) is 8.87. The molecule has 0 aliphatic heterocycles. The Morgan fingerprint density at radius 2 is 1.80 bits per heavy atom. The van der Waals surface area contributed by atoms with Crippen LogP contribution in [-0.4, -0.2) is 14.9 Å². The molecule has 15 heavy (non-hydrogen) atoms. The lowest BCUT2D eigenvalue weighted by Crippen LogP contribution is -2.16. The maximum atomic E-state index is 10.5. The molecule has 0 aliphatic carbocycles. The predicted octanol–water partition coefficient (Wildman–Crippen LogP) is 1.17. The Labute approximate surface area is 87.4 Å². The molecule has 1 aromatic carbocycles. The van der Waals surface area contributed by atoms with E-state index in [0.717, 1.165) is 0 Å². The number of hydrogen-bond acceptors (Lipinski definition) is 3. The third-order valence-electron chi connectivity index (χ3n) is 1.64. The van der Waals surface area contributed by atoms with Crippen LogP contribution in [0, 0.1) is 0 Å². The van der Waals surface area contributed by atoms with Gasteiger partial charge in [0.15, 0.2) is 0 Å². The first-order valence-electron chi connectivity index (χ1n) is 4.42. The SMILES string of the molecule is Cn1ncccc1=O.Oc1ccccc1. The molecule has 2 aromatic rings. The van der Waals surface area contributed by atoms with E-state index in [1.54, 1.807) is 43.6 Å². The number of nitrogens with zero attached hydrogens (tertiary/aromatic N) is 2. The number of aromatic hydroxyl groups is 1. The third kappa shape index (κ3) is 4.08. The fraction of sp³-hybridized carbons (Fsp3) is 0.0909. The van der Waals surface area contributed by atoms with Crippen molar-refractivity contribution in [3.63, 3.8) is 0 Å². The van der Waals surface area contributed by atoms with Crippen LogP contribution in [0.15, 0.2) is 53.5 Å². The molecule has 1 N–H and O–H groups in total. The minimum absolute atomic E-state index is 0.0764. The molecule has 0 amide bonds. The first-order chi connectivity index (χ1) is 7.20. The number of hydrogen-bond donors (Lipinski definition) is 1. The number of phenolic OH excluding ortho intramolecular Hbond substituents is 1. The highest BCUT2D eigenvalue weighted by Gasteiger charge is 1.80. The molecule has 0 bridgehead atoms. The summed E-state index contributed by atoms with van der Waals surface area (Å²) in [7, 11) is 1.61. The van der Waals surface area contributed by atoms with Gasteiger partial charge < -0.3 is 5.11 Å². The fourth-order valence-corrected chi connectivity index (χ4v) is 0.857. The number of aromatic nitrogens is 2. The van der Waals surface area contributed by atoms with Crippen molar-refractivity contribution >= 4 is 0 Å². The lowest BCUT2D eigenvalue weighted by atomic mass is 10.3. The van der Waals surface area contributed by atoms with Gasteiger partial charge in [0.1, 0.15) is 5.75 Å². The average Bonchev–Trinajstić information content (AvgIpc) is 2.25. The molecule has 0 saturated carbocycles. The lowest BCUT2D eigenvalue weighted by Gasteiger charge is -1.87. The highest BCUT2D eigenvalue weighted by atomic mass is 16.3. The van der Waals surface area contributed by atoms with Gasteiger partial charge in [-0.05, 0) is 18.2 Å². The molecule has 1 aromatic heterocycles. The van der Waals surface area contributed by atoms with Crippen molar-refractivity contribution in [1.82, 2.24) is 9.78 Å². The standard InChI is InChI=1S/C6H6O.C5H6N2O/c7-6-4-2-1-3-5-6;1-7-5(8)3-2-4-6-7/h1-5,7H;2-4H,1H3. The van der Waals surface area contributed by atoms with Crippen molar-refractivity contribution in [3.8, 4) is 5.75 Å². The molecule has 0 spiro atoms. The molecule has 4 nitrogen and oxygen atoms in total. The minimum Gasteiger partial charge on any atom is -0.508 e. The van der Waals surface area contributed by atoms with Gasteiger partial charge >= 0.3 is 0 Å². The third-order valence-corrected chi connectivity index (χ3v) is 1.64. The van der Waals surface area contributed by atoms with E-state index in [1.165, 1.54) is 10.7 Å². The predicted molar refractivity (Wildman–Crippen MR) is 57.6 cm³/mol. The highest BCUT2D eigenvalue weighted by Crippen LogP contribution is 2.02. The zero-order chi connectivity index (χ0) is 11.1. The zero-order valence-corrected chi connectivity index (χ0v) is 8.37. The summed E-state index contributed by atoms with van der Waals surface area (Å²) in [6, 6.07) is 11.8. The van der Waals surface area contributed by atoms with Crippen LogP contribution in [0.25, 0.3) is 0 Å². The van der Waals surface area contributed by atoms with Gasteiger partial charge in [-0.3, -0.25) is 4.79 Å². The Hall–Kier alpha value is -2.10. The van der Waals surface area contributed by atoms with Crippen molar-refractivity contribution in [2.45, 2.75) is 0 Å². The van der Waals surface area contributed by atoms with Crippen LogP contribution in [0.1, 0.15) is 0 Å². The molecular weight excluding hydrogens is 192 g/mol. The van der Waals surface area contributed by atoms with Crippen LogP contribution in [0.4, 0.5) is 0 Å². The van der Waals surface area contributed by atoms with Crippen molar-refractivity contribution < 1.29 is 5.11 Å². The number of phenols is 1. The number of benzene rings is 1. The Morgan fingerprint density at radius 1 is 1.13 bits per heavy atom. The molecule has 1 heterocycles. The summed E-state index contributed by atoms with van der Waals surface area (Å²) in [5.41, 5.74) is -0.0764. The van der Waals surface area contributed by atoms with Gasteiger partial charge in [-0.2, -0.15) is 5.10 Å². The Bertz CT molecular complexity index is 451. The van der Waals surface area contributed by atoms with Gasteiger partial charge in [0, 0.05) is 19.3 Å². The maximum Gasteiger partial charge on any atom is 0.266 e. The molecule has 0 unspecified atom stereocenters. The number of rotatable bonds is 0. The summed E-state index contributed by atoms with van der Waals surface area (Å²) in [6.07, 6.45) is 1.57. The first-order valence-corrected chi connectivity index (χ1v) is 4.42. The minimum atomic E-state index is -0.0764.